The van der Waals surface area contributed by atoms with Gasteiger partial charge in [0.25, 0.3) is 0 Å². The summed E-state index contributed by atoms with van der Waals surface area (Å²) in [6.07, 6.45) is 5.67. The molecule has 0 aromatic carbocycles. The zero-order chi connectivity index (χ0) is 15.7. The van der Waals surface area contributed by atoms with Gasteiger partial charge in [0.1, 0.15) is 0 Å². The minimum Gasteiger partial charge on any atom is -0.323 e. The van der Waals surface area contributed by atoms with Gasteiger partial charge >= 0.3 is 6.18 Å². The normalized spacial score (nSPS) is 13.4. The van der Waals surface area contributed by atoms with Crippen molar-refractivity contribution in [3.05, 3.63) is 29.6 Å². The molecule has 0 fully saturated rings. The second kappa shape index (κ2) is 9.03. The number of rotatable bonds is 9. The Morgan fingerprint density at radius 2 is 1.67 bits per heavy atom. The molecule has 21 heavy (non-hydrogen) atoms. The molecule has 0 aliphatic carbocycles. The van der Waals surface area contributed by atoms with Crippen LogP contribution < -0.4 is 5.73 Å². The van der Waals surface area contributed by atoms with Gasteiger partial charge in [0.05, 0.1) is 11.3 Å². The van der Waals surface area contributed by atoms with E-state index in [9.17, 15) is 13.2 Å². The molecule has 0 saturated heterocycles. The third kappa shape index (κ3) is 6.93. The summed E-state index contributed by atoms with van der Waals surface area (Å²) in [6.45, 7) is 2.19. The van der Waals surface area contributed by atoms with Gasteiger partial charge in [-0.05, 0) is 18.6 Å². The minimum atomic E-state index is -4.34. The van der Waals surface area contributed by atoms with Gasteiger partial charge in [-0.25, -0.2) is 0 Å². The Labute approximate surface area is 125 Å². The van der Waals surface area contributed by atoms with E-state index in [1.165, 1.54) is 38.2 Å². The summed E-state index contributed by atoms with van der Waals surface area (Å²) in [5.41, 5.74) is 5.78. The number of halogens is 3. The number of alkyl halides is 3. The Bertz CT molecular complexity index is 388. The van der Waals surface area contributed by atoms with Crippen molar-refractivity contribution in [2.45, 2.75) is 70.5 Å². The lowest BCUT2D eigenvalue weighted by Gasteiger charge is -2.12. The highest BCUT2D eigenvalue weighted by Gasteiger charge is 2.30. The molecule has 0 amide bonds. The van der Waals surface area contributed by atoms with Crippen molar-refractivity contribution in [2.75, 3.05) is 0 Å². The largest absolute Gasteiger partial charge is 0.417 e. The Morgan fingerprint density at radius 3 is 2.19 bits per heavy atom. The van der Waals surface area contributed by atoms with Gasteiger partial charge in [-0.1, -0.05) is 51.9 Å². The van der Waals surface area contributed by atoms with Crippen molar-refractivity contribution in [1.82, 2.24) is 4.98 Å². The second-order valence-electron chi connectivity index (χ2n) is 5.49. The average Bonchev–Trinajstić information content (AvgIpc) is 2.45. The Morgan fingerprint density at radius 1 is 1.05 bits per heavy atom. The number of aromatic nitrogens is 1. The quantitative estimate of drug-likeness (QED) is 0.633. The van der Waals surface area contributed by atoms with Crippen molar-refractivity contribution in [3.8, 4) is 0 Å². The maximum Gasteiger partial charge on any atom is 0.417 e. The van der Waals surface area contributed by atoms with Gasteiger partial charge in [-0.15, -0.1) is 0 Å². The lowest BCUT2D eigenvalue weighted by molar-refractivity contribution is -0.137. The van der Waals surface area contributed by atoms with E-state index < -0.39 is 11.7 Å². The molecule has 1 aromatic rings. The summed E-state index contributed by atoms with van der Waals surface area (Å²) >= 11 is 0. The van der Waals surface area contributed by atoms with Crippen molar-refractivity contribution in [2.24, 2.45) is 5.73 Å². The van der Waals surface area contributed by atoms with Gasteiger partial charge < -0.3 is 5.73 Å². The van der Waals surface area contributed by atoms with Crippen molar-refractivity contribution in [1.29, 1.82) is 0 Å². The van der Waals surface area contributed by atoms with Crippen LogP contribution in [0.4, 0.5) is 13.2 Å². The molecule has 2 N–H and O–H groups in total. The predicted octanol–water partition coefficient (Wildman–Crippen LogP) is 5.24. The molecule has 0 spiro atoms. The first kappa shape index (κ1) is 18.0. The van der Waals surface area contributed by atoms with Crippen molar-refractivity contribution < 1.29 is 13.2 Å². The van der Waals surface area contributed by atoms with Gasteiger partial charge in [0.2, 0.25) is 0 Å². The van der Waals surface area contributed by atoms with Crippen LogP contribution in [0.1, 0.15) is 75.6 Å². The fourth-order valence-corrected chi connectivity index (χ4v) is 2.26. The fraction of sp³-hybridized carbons (Fsp3) is 0.688. The van der Waals surface area contributed by atoms with Gasteiger partial charge in [0.15, 0.2) is 0 Å². The van der Waals surface area contributed by atoms with Crippen LogP contribution >= 0.6 is 0 Å². The first-order valence-electron chi connectivity index (χ1n) is 7.74. The third-order valence-electron chi connectivity index (χ3n) is 3.61. The zero-order valence-electron chi connectivity index (χ0n) is 12.6. The van der Waals surface area contributed by atoms with E-state index in [-0.39, 0.29) is 6.04 Å². The molecule has 1 unspecified atom stereocenters. The highest BCUT2D eigenvalue weighted by atomic mass is 19.4. The maximum atomic E-state index is 12.4. The van der Waals surface area contributed by atoms with Crippen LogP contribution in [0, 0.1) is 0 Å². The van der Waals surface area contributed by atoms with Gasteiger partial charge in [-0.2, -0.15) is 13.2 Å². The number of nitrogens with zero attached hydrogens (tertiary/aromatic N) is 1. The molecule has 5 heteroatoms. The lowest BCUT2D eigenvalue weighted by Crippen LogP contribution is -2.13. The molecule has 0 bridgehead atoms. The standard InChI is InChI=1S/C16H25F3N2/c1-2-3-4-5-6-7-8-9-14(20)15-11-10-13(12-21-15)16(17,18)19/h10-12,14H,2-9,20H2,1H3. The first-order valence-corrected chi connectivity index (χ1v) is 7.74. The Kier molecular flexibility index (Phi) is 7.72. The average molecular weight is 302 g/mol. The van der Waals surface area contributed by atoms with Gasteiger partial charge in [0, 0.05) is 12.2 Å². The van der Waals surface area contributed by atoms with E-state index in [0.29, 0.717) is 5.69 Å². The predicted molar refractivity (Wildman–Crippen MR) is 78.8 cm³/mol. The fourth-order valence-electron chi connectivity index (χ4n) is 2.26. The molecule has 1 aromatic heterocycles. The zero-order valence-corrected chi connectivity index (χ0v) is 12.6. The molecule has 0 radical (unpaired) electrons. The molecule has 1 heterocycles. The van der Waals surface area contributed by atoms with Crippen LogP contribution in [0.25, 0.3) is 0 Å². The summed E-state index contributed by atoms with van der Waals surface area (Å²) in [5, 5.41) is 0. The van der Waals surface area contributed by atoms with Crippen LogP contribution in [-0.4, -0.2) is 4.98 Å². The Balaban J connectivity index is 2.27. The molecule has 0 saturated carbocycles. The molecule has 0 aliphatic rings. The number of unbranched alkanes of at least 4 members (excludes halogenated alkanes) is 6. The first-order chi connectivity index (χ1) is 9.95. The van der Waals surface area contributed by atoms with E-state index in [2.05, 4.69) is 11.9 Å². The van der Waals surface area contributed by atoms with Crippen molar-refractivity contribution in [3.63, 3.8) is 0 Å². The van der Waals surface area contributed by atoms with Crippen LogP contribution in [-0.2, 0) is 6.18 Å². The minimum absolute atomic E-state index is 0.275. The summed E-state index contributed by atoms with van der Waals surface area (Å²) in [7, 11) is 0. The second-order valence-corrected chi connectivity index (χ2v) is 5.49. The van der Waals surface area contributed by atoms with E-state index >= 15 is 0 Å². The van der Waals surface area contributed by atoms with E-state index in [1.807, 2.05) is 0 Å². The summed E-state index contributed by atoms with van der Waals surface area (Å²) in [6, 6.07) is 2.16. The summed E-state index contributed by atoms with van der Waals surface area (Å²) in [4.78, 5) is 3.84. The molecule has 1 rings (SSSR count). The molecule has 120 valence electrons. The lowest BCUT2D eigenvalue weighted by atomic mass is 10.0. The number of nitrogens with two attached hydrogens (primary N) is 1. The summed E-state index contributed by atoms with van der Waals surface area (Å²) < 4.78 is 37.3. The smallest absolute Gasteiger partial charge is 0.323 e. The Hall–Kier alpha value is -1.10. The van der Waals surface area contributed by atoms with Crippen LogP contribution in [0.2, 0.25) is 0 Å². The number of hydrogen-bond acceptors (Lipinski definition) is 2. The highest BCUT2D eigenvalue weighted by Crippen LogP contribution is 2.29. The van der Waals surface area contributed by atoms with E-state index in [4.69, 9.17) is 5.73 Å². The molecule has 0 aliphatic heterocycles. The number of pyridine rings is 1. The van der Waals surface area contributed by atoms with Crippen LogP contribution in [0.3, 0.4) is 0 Å². The van der Waals surface area contributed by atoms with Crippen LogP contribution in [0.5, 0.6) is 0 Å². The SMILES string of the molecule is CCCCCCCCCC(N)c1ccc(C(F)(F)F)cn1. The van der Waals surface area contributed by atoms with Gasteiger partial charge in [-0.3, -0.25) is 4.98 Å². The topological polar surface area (TPSA) is 38.9 Å². The van der Waals surface area contributed by atoms with E-state index in [0.717, 1.165) is 31.5 Å². The third-order valence-corrected chi connectivity index (χ3v) is 3.61. The molecule has 2 nitrogen and oxygen atoms in total. The molecular weight excluding hydrogens is 277 g/mol. The molecule has 1 atom stereocenters. The monoisotopic (exact) mass is 302 g/mol. The highest BCUT2D eigenvalue weighted by molar-refractivity contribution is 5.18. The van der Waals surface area contributed by atoms with Crippen molar-refractivity contribution >= 4 is 0 Å². The maximum absolute atomic E-state index is 12.4. The summed E-state index contributed by atoms with van der Waals surface area (Å²) in [5.74, 6) is 0. The molecular formula is C16H25F3N2. The van der Waals surface area contributed by atoms with Crippen LogP contribution in [0.15, 0.2) is 18.3 Å². The van der Waals surface area contributed by atoms with E-state index in [1.54, 1.807) is 0 Å². The number of hydrogen-bond donors (Lipinski definition) is 1.